The molecule has 0 saturated heterocycles. The van der Waals surface area contributed by atoms with Gasteiger partial charge in [0.25, 0.3) is 0 Å². The number of hydrogen-bond donors (Lipinski definition) is 2. The highest BCUT2D eigenvalue weighted by Crippen LogP contribution is 2.18. The molecule has 98 valence electrons. The lowest BCUT2D eigenvalue weighted by atomic mass is 10.0. The van der Waals surface area contributed by atoms with E-state index in [1.54, 1.807) is 0 Å². The molecule has 0 saturated carbocycles. The summed E-state index contributed by atoms with van der Waals surface area (Å²) in [5.41, 5.74) is 0. The lowest BCUT2D eigenvalue weighted by Crippen LogP contribution is -2.24. The first-order chi connectivity index (χ1) is 8.33. The van der Waals surface area contributed by atoms with E-state index in [0.29, 0.717) is 0 Å². The first kappa shape index (κ1) is 14.5. The standard InChI is InChI=1S/C12H23BO4/c14-10-11-16-13(15)17-12-8-6-4-2-1-3-5-7-9-12/h8,14-15H,1-7,9-11H2. The highest BCUT2D eigenvalue weighted by Gasteiger charge is 2.19. The summed E-state index contributed by atoms with van der Waals surface area (Å²) in [6.07, 6.45) is 11.3. The van der Waals surface area contributed by atoms with Crippen LogP contribution in [-0.2, 0) is 9.31 Å². The van der Waals surface area contributed by atoms with Crippen LogP contribution >= 0.6 is 0 Å². The molecule has 0 fully saturated rings. The van der Waals surface area contributed by atoms with Crippen molar-refractivity contribution in [2.75, 3.05) is 13.2 Å². The molecule has 5 heteroatoms. The SMILES string of the molecule is OCCOB(O)OC1=CCCCCCCCC1. The van der Waals surface area contributed by atoms with Crippen molar-refractivity contribution in [2.24, 2.45) is 0 Å². The Morgan fingerprint density at radius 2 is 1.82 bits per heavy atom. The molecule has 17 heavy (non-hydrogen) atoms. The predicted molar refractivity (Wildman–Crippen MR) is 67.1 cm³/mol. The van der Waals surface area contributed by atoms with Gasteiger partial charge in [-0.15, -0.1) is 0 Å². The lowest BCUT2D eigenvalue weighted by Gasteiger charge is -2.14. The van der Waals surface area contributed by atoms with Gasteiger partial charge in [0.1, 0.15) is 0 Å². The molecule has 0 unspecified atom stereocenters. The van der Waals surface area contributed by atoms with Crippen LogP contribution in [0.15, 0.2) is 11.8 Å². The van der Waals surface area contributed by atoms with Gasteiger partial charge < -0.3 is 19.4 Å². The summed E-state index contributed by atoms with van der Waals surface area (Å²) in [6, 6.07) is 0. The first-order valence-corrected chi connectivity index (χ1v) is 6.59. The minimum Gasteiger partial charge on any atom is -0.516 e. The molecule has 4 nitrogen and oxygen atoms in total. The molecule has 2 N–H and O–H groups in total. The molecular formula is C12H23BO4. The highest BCUT2D eigenvalue weighted by molar-refractivity contribution is 6.34. The molecule has 0 aliphatic heterocycles. The van der Waals surface area contributed by atoms with Gasteiger partial charge in [-0.1, -0.05) is 25.7 Å². The van der Waals surface area contributed by atoms with Crippen LogP contribution in [0.25, 0.3) is 0 Å². The second-order valence-electron chi connectivity index (χ2n) is 4.35. The molecule has 0 bridgehead atoms. The Morgan fingerprint density at radius 3 is 2.59 bits per heavy atom. The van der Waals surface area contributed by atoms with Gasteiger partial charge in [0.2, 0.25) is 0 Å². The summed E-state index contributed by atoms with van der Waals surface area (Å²) in [7, 11) is -1.25. The molecule has 0 radical (unpaired) electrons. The van der Waals surface area contributed by atoms with Gasteiger partial charge in [-0.05, 0) is 25.3 Å². The maximum atomic E-state index is 9.42. The number of aliphatic hydroxyl groups excluding tert-OH is 1. The molecule has 0 aromatic rings. The number of allylic oxidation sites excluding steroid dienone is 2. The van der Waals surface area contributed by atoms with Crippen molar-refractivity contribution in [3.8, 4) is 0 Å². The van der Waals surface area contributed by atoms with E-state index in [-0.39, 0.29) is 13.2 Å². The van der Waals surface area contributed by atoms with Gasteiger partial charge in [0.15, 0.2) is 0 Å². The first-order valence-electron chi connectivity index (χ1n) is 6.59. The Balaban J connectivity index is 2.32. The van der Waals surface area contributed by atoms with Crippen LogP contribution in [0.3, 0.4) is 0 Å². The molecule has 0 spiro atoms. The maximum Gasteiger partial charge on any atom is 0.710 e. The minimum atomic E-state index is -1.25. The molecule has 1 aliphatic rings. The Kier molecular flexibility index (Phi) is 8.14. The van der Waals surface area contributed by atoms with E-state index >= 15 is 0 Å². The van der Waals surface area contributed by atoms with E-state index in [1.165, 1.54) is 32.1 Å². The lowest BCUT2D eigenvalue weighted by molar-refractivity contribution is 0.126. The molecule has 0 amide bonds. The van der Waals surface area contributed by atoms with E-state index in [9.17, 15) is 5.02 Å². The minimum absolute atomic E-state index is 0.0917. The summed E-state index contributed by atoms with van der Waals surface area (Å²) >= 11 is 0. The highest BCUT2D eigenvalue weighted by atomic mass is 16.7. The zero-order valence-electron chi connectivity index (χ0n) is 10.4. The van der Waals surface area contributed by atoms with Crippen molar-refractivity contribution < 1.29 is 19.4 Å². The Hall–Kier alpha value is -0.515. The number of aliphatic hydroxyl groups is 1. The van der Waals surface area contributed by atoms with Crippen molar-refractivity contribution in [3.63, 3.8) is 0 Å². The fraction of sp³-hybridized carbons (Fsp3) is 0.833. The summed E-state index contributed by atoms with van der Waals surface area (Å²) < 4.78 is 10.2. The molecular weight excluding hydrogens is 219 g/mol. The topological polar surface area (TPSA) is 58.9 Å². The molecule has 0 atom stereocenters. The van der Waals surface area contributed by atoms with Crippen LogP contribution < -0.4 is 0 Å². The monoisotopic (exact) mass is 242 g/mol. The van der Waals surface area contributed by atoms with Gasteiger partial charge in [-0.3, -0.25) is 0 Å². The third-order valence-electron chi connectivity index (χ3n) is 2.85. The smallest absolute Gasteiger partial charge is 0.516 e. The zero-order valence-corrected chi connectivity index (χ0v) is 10.4. The van der Waals surface area contributed by atoms with Crippen molar-refractivity contribution in [3.05, 3.63) is 11.8 Å². The van der Waals surface area contributed by atoms with E-state index in [0.717, 1.165) is 25.0 Å². The molecule has 1 rings (SSSR count). The van der Waals surface area contributed by atoms with Crippen molar-refractivity contribution in [1.82, 2.24) is 0 Å². The summed E-state index contributed by atoms with van der Waals surface area (Å²) in [6.45, 7) is -0.0199. The predicted octanol–water partition coefficient (Wildman–Crippen LogP) is 2.01. The molecule has 0 aromatic heterocycles. The van der Waals surface area contributed by atoms with Gasteiger partial charge in [0, 0.05) is 6.42 Å². The van der Waals surface area contributed by atoms with E-state index in [4.69, 9.17) is 14.4 Å². The van der Waals surface area contributed by atoms with Crippen LogP contribution in [0.2, 0.25) is 0 Å². The summed E-state index contributed by atoms with van der Waals surface area (Å²) in [5, 5.41) is 18.0. The normalized spacial score (nSPS) is 18.4. The van der Waals surface area contributed by atoms with Gasteiger partial charge >= 0.3 is 7.32 Å². The third kappa shape index (κ3) is 7.42. The van der Waals surface area contributed by atoms with Crippen molar-refractivity contribution in [1.29, 1.82) is 0 Å². The summed E-state index contributed by atoms with van der Waals surface area (Å²) in [4.78, 5) is 0. The maximum absolute atomic E-state index is 9.42. The average Bonchev–Trinajstić information content (AvgIpc) is 2.34. The fourth-order valence-electron chi connectivity index (χ4n) is 1.94. The van der Waals surface area contributed by atoms with Crippen LogP contribution in [0.5, 0.6) is 0 Å². The van der Waals surface area contributed by atoms with Gasteiger partial charge in [-0.2, -0.15) is 0 Å². The molecule has 1 aliphatic carbocycles. The van der Waals surface area contributed by atoms with Crippen LogP contribution in [0.4, 0.5) is 0 Å². The molecule has 0 aromatic carbocycles. The van der Waals surface area contributed by atoms with Crippen LogP contribution in [-0.4, -0.2) is 30.7 Å². The second-order valence-corrected chi connectivity index (χ2v) is 4.35. The van der Waals surface area contributed by atoms with E-state index in [2.05, 4.69) is 6.08 Å². The second kappa shape index (κ2) is 9.51. The quantitative estimate of drug-likeness (QED) is 0.724. The third-order valence-corrected chi connectivity index (χ3v) is 2.85. The van der Waals surface area contributed by atoms with E-state index < -0.39 is 7.32 Å². The fourth-order valence-corrected chi connectivity index (χ4v) is 1.94. The zero-order chi connectivity index (χ0) is 12.3. The van der Waals surface area contributed by atoms with Crippen LogP contribution in [0.1, 0.15) is 51.4 Å². The Bertz CT molecular complexity index is 221. The average molecular weight is 242 g/mol. The van der Waals surface area contributed by atoms with Crippen LogP contribution in [0, 0.1) is 0 Å². The Morgan fingerprint density at radius 1 is 1.12 bits per heavy atom. The number of hydrogen-bond acceptors (Lipinski definition) is 4. The van der Waals surface area contributed by atoms with E-state index in [1.807, 2.05) is 0 Å². The van der Waals surface area contributed by atoms with Gasteiger partial charge in [0.05, 0.1) is 19.0 Å². The number of rotatable bonds is 5. The van der Waals surface area contributed by atoms with Crippen molar-refractivity contribution in [2.45, 2.75) is 51.4 Å². The van der Waals surface area contributed by atoms with Crippen molar-refractivity contribution >= 4 is 7.32 Å². The van der Waals surface area contributed by atoms with Gasteiger partial charge in [-0.25, -0.2) is 0 Å². The summed E-state index contributed by atoms with van der Waals surface area (Å²) in [5.74, 6) is 0.817. The Labute approximate surface area is 104 Å². The largest absolute Gasteiger partial charge is 0.710 e. The molecule has 0 heterocycles.